The van der Waals surface area contributed by atoms with Gasteiger partial charge in [-0.3, -0.25) is 9.59 Å². The lowest BCUT2D eigenvalue weighted by Gasteiger charge is -2.17. The standard InChI is InChI=1S/C18H18Br2N2O2/c1-11(13-3-7-15(19)8-4-13)21-17(23)18(24)22-12(2)14-5-9-16(20)10-6-14/h3-12H,1-2H3,(H,21,23)(H,22,24)/t11-,12+. The molecule has 0 unspecified atom stereocenters. The van der Waals surface area contributed by atoms with Gasteiger partial charge in [-0.1, -0.05) is 56.1 Å². The van der Waals surface area contributed by atoms with Gasteiger partial charge in [0.2, 0.25) is 0 Å². The molecule has 0 bridgehead atoms. The maximum Gasteiger partial charge on any atom is 0.309 e. The molecule has 2 atom stereocenters. The Morgan fingerprint density at radius 3 is 1.29 bits per heavy atom. The van der Waals surface area contributed by atoms with Gasteiger partial charge >= 0.3 is 11.8 Å². The van der Waals surface area contributed by atoms with Gasteiger partial charge in [-0.2, -0.15) is 0 Å². The van der Waals surface area contributed by atoms with Crippen molar-refractivity contribution in [2.45, 2.75) is 25.9 Å². The highest BCUT2D eigenvalue weighted by molar-refractivity contribution is 9.10. The van der Waals surface area contributed by atoms with E-state index in [4.69, 9.17) is 0 Å². The average Bonchev–Trinajstić information content (AvgIpc) is 2.55. The van der Waals surface area contributed by atoms with E-state index >= 15 is 0 Å². The van der Waals surface area contributed by atoms with E-state index < -0.39 is 11.8 Å². The van der Waals surface area contributed by atoms with Crippen LogP contribution in [0.4, 0.5) is 0 Å². The molecule has 0 aliphatic rings. The maximum absolute atomic E-state index is 12.1. The summed E-state index contributed by atoms with van der Waals surface area (Å²) in [6, 6.07) is 14.7. The van der Waals surface area contributed by atoms with Crippen LogP contribution in [0.1, 0.15) is 37.1 Å². The third kappa shape index (κ3) is 5.18. The largest absolute Gasteiger partial charge is 0.341 e. The summed E-state index contributed by atoms with van der Waals surface area (Å²) in [6.07, 6.45) is 0. The smallest absolute Gasteiger partial charge is 0.309 e. The first-order valence-electron chi connectivity index (χ1n) is 7.49. The number of hydrogen-bond donors (Lipinski definition) is 2. The number of hydrogen-bond acceptors (Lipinski definition) is 2. The molecule has 0 saturated carbocycles. The van der Waals surface area contributed by atoms with Crippen LogP contribution in [0.3, 0.4) is 0 Å². The number of carbonyl (C=O) groups is 2. The summed E-state index contributed by atoms with van der Waals surface area (Å²) in [6.45, 7) is 3.68. The first kappa shape index (κ1) is 18.7. The van der Waals surface area contributed by atoms with Gasteiger partial charge < -0.3 is 10.6 Å². The number of halogens is 2. The van der Waals surface area contributed by atoms with Crippen molar-refractivity contribution in [2.75, 3.05) is 0 Å². The topological polar surface area (TPSA) is 58.2 Å². The monoisotopic (exact) mass is 452 g/mol. The molecule has 0 radical (unpaired) electrons. The third-order valence-corrected chi connectivity index (χ3v) is 4.70. The van der Waals surface area contributed by atoms with Gasteiger partial charge in [-0.25, -0.2) is 0 Å². The zero-order chi connectivity index (χ0) is 17.7. The molecule has 4 nitrogen and oxygen atoms in total. The van der Waals surface area contributed by atoms with Crippen LogP contribution in [0.25, 0.3) is 0 Å². The van der Waals surface area contributed by atoms with Gasteiger partial charge in [-0.15, -0.1) is 0 Å². The van der Waals surface area contributed by atoms with Crippen LogP contribution in [-0.2, 0) is 9.59 Å². The highest BCUT2D eigenvalue weighted by Crippen LogP contribution is 2.17. The molecule has 2 aromatic carbocycles. The molecular weight excluding hydrogens is 436 g/mol. The van der Waals surface area contributed by atoms with Crippen molar-refractivity contribution in [3.05, 3.63) is 68.6 Å². The van der Waals surface area contributed by atoms with Crippen molar-refractivity contribution >= 4 is 43.7 Å². The lowest BCUT2D eigenvalue weighted by molar-refractivity contribution is -0.140. The average molecular weight is 454 g/mol. The van der Waals surface area contributed by atoms with E-state index in [9.17, 15) is 9.59 Å². The fraction of sp³-hybridized carbons (Fsp3) is 0.222. The molecule has 0 aromatic heterocycles. The van der Waals surface area contributed by atoms with E-state index in [1.54, 1.807) is 0 Å². The summed E-state index contributed by atoms with van der Waals surface area (Å²) in [4.78, 5) is 24.1. The third-order valence-electron chi connectivity index (χ3n) is 3.64. The second-order valence-corrected chi connectivity index (χ2v) is 7.32. The van der Waals surface area contributed by atoms with Crippen LogP contribution < -0.4 is 10.6 Å². The summed E-state index contributed by atoms with van der Waals surface area (Å²) in [5, 5.41) is 5.42. The highest BCUT2D eigenvalue weighted by Gasteiger charge is 2.19. The molecule has 0 aliphatic heterocycles. The predicted molar refractivity (Wildman–Crippen MR) is 101 cm³/mol. The summed E-state index contributed by atoms with van der Waals surface area (Å²) in [7, 11) is 0. The van der Waals surface area contributed by atoms with Crippen LogP contribution in [0, 0.1) is 0 Å². The van der Waals surface area contributed by atoms with E-state index in [2.05, 4.69) is 42.5 Å². The van der Waals surface area contributed by atoms with E-state index in [1.807, 2.05) is 62.4 Å². The Hall–Kier alpha value is -1.66. The molecule has 0 aliphatic carbocycles. The molecule has 2 N–H and O–H groups in total. The number of carbonyl (C=O) groups excluding carboxylic acids is 2. The molecule has 2 amide bonds. The quantitative estimate of drug-likeness (QED) is 0.679. The lowest BCUT2D eigenvalue weighted by Crippen LogP contribution is -2.41. The molecule has 0 spiro atoms. The van der Waals surface area contributed by atoms with E-state index in [1.165, 1.54) is 0 Å². The number of rotatable bonds is 4. The van der Waals surface area contributed by atoms with Crippen molar-refractivity contribution in [1.29, 1.82) is 0 Å². The van der Waals surface area contributed by atoms with Gasteiger partial charge in [0.1, 0.15) is 0 Å². The van der Waals surface area contributed by atoms with Crippen molar-refractivity contribution in [1.82, 2.24) is 10.6 Å². The van der Waals surface area contributed by atoms with E-state index in [0.717, 1.165) is 20.1 Å². The maximum atomic E-state index is 12.1. The van der Waals surface area contributed by atoms with Crippen molar-refractivity contribution in [3.8, 4) is 0 Å². The Kier molecular flexibility index (Phi) is 6.57. The Bertz CT molecular complexity index is 651. The van der Waals surface area contributed by atoms with E-state index in [-0.39, 0.29) is 12.1 Å². The van der Waals surface area contributed by atoms with Gasteiger partial charge in [0.15, 0.2) is 0 Å². The van der Waals surface area contributed by atoms with Gasteiger partial charge in [0.25, 0.3) is 0 Å². The zero-order valence-corrected chi connectivity index (χ0v) is 16.5. The second-order valence-electron chi connectivity index (χ2n) is 5.49. The molecule has 2 rings (SSSR count). The SMILES string of the molecule is C[C@H](NC(=O)C(=O)N[C@H](C)c1ccc(Br)cc1)c1ccc(Br)cc1. The molecule has 24 heavy (non-hydrogen) atoms. The van der Waals surface area contributed by atoms with Crippen molar-refractivity contribution in [2.24, 2.45) is 0 Å². The van der Waals surface area contributed by atoms with Crippen molar-refractivity contribution < 1.29 is 9.59 Å². The summed E-state index contributed by atoms with van der Waals surface area (Å²) >= 11 is 6.74. The lowest BCUT2D eigenvalue weighted by atomic mass is 10.1. The van der Waals surface area contributed by atoms with Gasteiger partial charge in [-0.05, 0) is 49.2 Å². The van der Waals surface area contributed by atoms with Crippen LogP contribution in [0.2, 0.25) is 0 Å². The Morgan fingerprint density at radius 2 is 1.00 bits per heavy atom. The summed E-state index contributed by atoms with van der Waals surface area (Å²) in [5.41, 5.74) is 1.86. The fourth-order valence-electron chi connectivity index (χ4n) is 2.19. The fourth-order valence-corrected chi connectivity index (χ4v) is 2.72. The molecule has 6 heteroatoms. The molecule has 2 aromatic rings. The van der Waals surface area contributed by atoms with Gasteiger partial charge in [0.05, 0.1) is 12.1 Å². The number of amides is 2. The summed E-state index contributed by atoms with van der Waals surface area (Å²) in [5.74, 6) is -1.29. The molecule has 0 fully saturated rings. The van der Waals surface area contributed by atoms with E-state index in [0.29, 0.717) is 0 Å². The first-order chi connectivity index (χ1) is 11.4. The molecular formula is C18H18Br2N2O2. The zero-order valence-electron chi connectivity index (χ0n) is 13.3. The second kappa shape index (κ2) is 8.44. The van der Waals surface area contributed by atoms with Gasteiger partial charge in [0, 0.05) is 8.95 Å². The first-order valence-corrected chi connectivity index (χ1v) is 9.07. The molecule has 0 heterocycles. The molecule has 126 valence electrons. The van der Waals surface area contributed by atoms with Crippen LogP contribution >= 0.6 is 31.9 Å². The highest BCUT2D eigenvalue weighted by atomic mass is 79.9. The number of benzene rings is 2. The Labute approximate surface area is 158 Å². The predicted octanol–water partition coefficient (Wildman–Crippen LogP) is 4.27. The van der Waals surface area contributed by atoms with Crippen LogP contribution in [0.15, 0.2) is 57.5 Å². The number of nitrogens with one attached hydrogen (secondary N) is 2. The Morgan fingerprint density at radius 1 is 0.708 bits per heavy atom. The molecule has 0 saturated heterocycles. The normalized spacial score (nSPS) is 13.0. The Balaban J connectivity index is 1.92. The minimum atomic E-state index is -0.644. The minimum absolute atomic E-state index is 0.251. The van der Waals surface area contributed by atoms with Crippen LogP contribution in [0.5, 0.6) is 0 Å². The summed E-state index contributed by atoms with van der Waals surface area (Å²) < 4.78 is 1.93. The minimum Gasteiger partial charge on any atom is -0.341 e. The van der Waals surface area contributed by atoms with Crippen LogP contribution in [-0.4, -0.2) is 11.8 Å². The van der Waals surface area contributed by atoms with Crippen molar-refractivity contribution in [3.63, 3.8) is 0 Å².